The third-order valence-electron chi connectivity index (χ3n) is 5.20. The van der Waals surface area contributed by atoms with E-state index in [4.69, 9.17) is 0 Å². The minimum Gasteiger partial charge on any atom is -0.335 e. The average Bonchev–Trinajstić information content (AvgIpc) is 3.43. The predicted octanol–water partition coefficient (Wildman–Crippen LogP) is 3.59. The van der Waals surface area contributed by atoms with E-state index in [0.717, 1.165) is 22.6 Å². The summed E-state index contributed by atoms with van der Waals surface area (Å²) in [4.78, 5) is 18.8. The second kappa shape index (κ2) is 7.71. The van der Waals surface area contributed by atoms with E-state index in [1.165, 1.54) is 6.33 Å². The molecule has 1 unspecified atom stereocenters. The number of para-hydroxylation sites is 1. The van der Waals surface area contributed by atoms with E-state index in [9.17, 15) is 4.79 Å². The van der Waals surface area contributed by atoms with Gasteiger partial charge in [0.2, 0.25) is 0 Å². The van der Waals surface area contributed by atoms with Crippen molar-refractivity contribution in [3.63, 3.8) is 0 Å². The van der Waals surface area contributed by atoms with Crippen LogP contribution in [0.4, 0.5) is 0 Å². The van der Waals surface area contributed by atoms with E-state index < -0.39 is 0 Å². The third kappa shape index (κ3) is 3.54. The Bertz CT molecular complexity index is 1100. The van der Waals surface area contributed by atoms with Crippen LogP contribution in [0.3, 0.4) is 0 Å². The van der Waals surface area contributed by atoms with Crippen LogP contribution in [0.2, 0.25) is 0 Å². The number of hydrogen-bond donors (Lipinski definition) is 0. The first-order valence-corrected chi connectivity index (χ1v) is 9.38. The molecule has 146 valence electrons. The smallest absolute Gasteiger partial charge is 0.257 e. The van der Waals surface area contributed by atoms with Crippen molar-refractivity contribution in [2.45, 2.75) is 19.9 Å². The highest BCUT2D eigenvalue weighted by Crippen LogP contribution is 2.23. The molecular formula is C22H22N6O. The van der Waals surface area contributed by atoms with E-state index in [0.29, 0.717) is 5.56 Å². The number of hydrogen-bond acceptors (Lipinski definition) is 4. The number of benzene rings is 2. The van der Waals surface area contributed by atoms with Crippen molar-refractivity contribution in [3.05, 3.63) is 90.3 Å². The molecule has 0 fully saturated rings. The Morgan fingerprint density at radius 3 is 2.38 bits per heavy atom. The first-order chi connectivity index (χ1) is 14.1. The summed E-state index contributed by atoms with van der Waals surface area (Å²) in [5.74, 6) is -0.0578. The molecule has 7 nitrogen and oxygen atoms in total. The highest BCUT2D eigenvalue weighted by molar-refractivity contribution is 5.95. The van der Waals surface area contributed by atoms with Gasteiger partial charge >= 0.3 is 0 Å². The van der Waals surface area contributed by atoms with Crippen molar-refractivity contribution >= 4 is 5.91 Å². The summed E-state index contributed by atoms with van der Waals surface area (Å²) in [5, 5.41) is 8.55. The van der Waals surface area contributed by atoms with Crippen LogP contribution < -0.4 is 0 Å². The second-order valence-corrected chi connectivity index (χ2v) is 6.91. The maximum absolute atomic E-state index is 13.1. The molecule has 4 rings (SSSR count). The standard InChI is InChI=1S/C22H22N6O/c1-16(18-9-11-19(12-10-18)27-15-23-14-25-27)26(3)22(29)21-13-24-28(17(21)2)20-7-5-4-6-8-20/h4-16H,1-3H3. The van der Waals surface area contributed by atoms with Gasteiger partial charge in [-0.15, -0.1) is 0 Å². The van der Waals surface area contributed by atoms with Crippen LogP contribution in [-0.2, 0) is 0 Å². The number of carbonyl (C=O) groups excluding carboxylic acids is 1. The van der Waals surface area contributed by atoms with Gasteiger partial charge in [-0.25, -0.2) is 14.3 Å². The summed E-state index contributed by atoms with van der Waals surface area (Å²) < 4.78 is 3.49. The van der Waals surface area contributed by atoms with Gasteiger partial charge in [0, 0.05) is 7.05 Å². The molecule has 0 radical (unpaired) electrons. The number of carbonyl (C=O) groups is 1. The molecule has 29 heavy (non-hydrogen) atoms. The lowest BCUT2D eigenvalue weighted by Crippen LogP contribution is -2.30. The van der Waals surface area contributed by atoms with Gasteiger partial charge in [-0.05, 0) is 43.7 Å². The van der Waals surface area contributed by atoms with Crippen LogP contribution in [0.5, 0.6) is 0 Å². The molecule has 1 amide bonds. The first-order valence-electron chi connectivity index (χ1n) is 9.38. The van der Waals surface area contributed by atoms with Gasteiger partial charge in [0.1, 0.15) is 12.7 Å². The lowest BCUT2D eigenvalue weighted by Gasteiger charge is -2.25. The molecule has 0 saturated heterocycles. The zero-order chi connectivity index (χ0) is 20.4. The van der Waals surface area contributed by atoms with Crippen LogP contribution in [-0.4, -0.2) is 42.4 Å². The Labute approximate surface area is 169 Å². The molecule has 2 aromatic carbocycles. The highest BCUT2D eigenvalue weighted by atomic mass is 16.2. The maximum atomic E-state index is 13.1. The summed E-state index contributed by atoms with van der Waals surface area (Å²) in [6, 6.07) is 17.7. The fourth-order valence-corrected chi connectivity index (χ4v) is 3.29. The summed E-state index contributed by atoms with van der Waals surface area (Å²) in [5.41, 5.74) is 4.32. The molecule has 2 heterocycles. The molecule has 0 aliphatic carbocycles. The zero-order valence-corrected chi connectivity index (χ0v) is 16.6. The maximum Gasteiger partial charge on any atom is 0.257 e. The van der Waals surface area contributed by atoms with Crippen molar-refractivity contribution in [2.24, 2.45) is 0 Å². The van der Waals surface area contributed by atoms with Gasteiger partial charge in [0.25, 0.3) is 5.91 Å². The van der Waals surface area contributed by atoms with Crippen molar-refractivity contribution in [1.29, 1.82) is 0 Å². The summed E-state index contributed by atoms with van der Waals surface area (Å²) in [7, 11) is 1.82. The molecule has 0 saturated carbocycles. The largest absolute Gasteiger partial charge is 0.335 e. The monoisotopic (exact) mass is 386 g/mol. The Hall–Kier alpha value is -3.74. The van der Waals surface area contributed by atoms with Crippen LogP contribution in [0, 0.1) is 6.92 Å². The SMILES string of the molecule is Cc1c(C(=O)N(C)C(C)c2ccc(-n3cncn3)cc2)cnn1-c1ccccc1. The van der Waals surface area contributed by atoms with Crippen molar-refractivity contribution in [3.8, 4) is 11.4 Å². The molecule has 0 N–H and O–H groups in total. The number of amides is 1. The van der Waals surface area contributed by atoms with Crippen LogP contribution in [0.25, 0.3) is 11.4 Å². The minimum atomic E-state index is -0.0910. The quantitative estimate of drug-likeness (QED) is 0.526. The lowest BCUT2D eigenvalue weighted by atomic mass is 10.1. The zero-order valence-electron chi connectivity index (χ0n) is 16.6. The molecule has 2 aromatic heterocycles. The van der Waals surface area contributed by atoms with E-state index in [1.54, 1.807) is 26.8 Å². The van der Waals surface area contributed by atoms with E-state index in [1.807, 2.05) is 75.5 Å². The van der Waals surface area contributed by atoms with Gasteiger partial charge < -0.3 is 4.90 Å². The van der Waals surface area contributed by atoms with Gasteiger partial charge in [0.15, 0.2) is 0 Å². The topological polar surface area (TPSA) is 68.8 Å². The van der Waals surface area contributed by atoms with Crippen molar-refractivity contribution in [1.82, 2.24) is 29.4 Å². The van der Waals surface area contributed by atoms with E-state index in [2.05, 4.69) is 15.2 Å². The van der Waals surface area contributed by atoms with Crippen molar-refractivity contribution < 1.29 is 4.79 Å². The molecule has 7 heteroatoms. The summed E-state index contributed by atoms with van der Waals surface area (Å²) >= 11 is 0. The number of aromatic nitrogens is 5. The molecule has 0 spiro atoms. The van der Waals surface area contributed by atoms with Crippen LogP contribution >= 0.6 is 0 Å². The molecule has 1 atom stereocenters. The second-order valence-electron chi connectivity index (χ2n) is 6.91. The molecule has 4 aromatic rings. The Morgan fingerprint density at radius 1 is 1.00 bits per heavy atom. The van der Waals surface area contributed by atoms with E-state index in [-0.39, 0.29) is 11.9 Å². The normalized spacial score (nSPS) is 12.0. The highest BCUT2D eigenvalue weighted by Gasteiger charge is 2.23. The summed E-state index contributed by atoms with van der Waals surface area (Å²) in [6.07, 6.45) is 4.80. The Morgan fingerprint density at radius 2 is 1.72 bits per heavy atom. The lowest BCUT2D eigenvalue weighted by molar-refractivity contribution is 0.0742. The molecular weight excluding hydrogens is 364 g/mol. The Balaban J connectivity index is 1.54. The summed E-state index contributed by atoms with van der Waals surface area (Å²) in [6.45, 7) is 3.93. The number of rotatable bonds is 5. The van der Waals surface area contributed by atoms with Gasteiger partial charge in [-0.3, -0.25) is 4.79 Å². The van der Waals surface area contributed by atoms with Gasteiger partial charge in [0.05, 0.1) is 34.9 Å². The molecule has 0 aliphatic rings. The molecule has 0 aliphatic heterocycles. The van der Waals surface area contributed by atoms with Crippen LogP contribution in [0.15, 0.2) is 73.4 Å². The molecule has 0 bridgehead atoms. The first kappa shape index (κ1) is 18.6. The van der Waals surface area contributed by atoms with Crippen LogP contribution in [0.1, 0.15) is 34.6 Å². The number of nitrogens with zero attached hydrogens (tertiary/aromatic N) is 6. The van der Waals surface area contributed by atoms with E-state index >= 15 is 0 Å². The van der Waals surface area contributed by atoms with Gasteiger partial charge in [-0.1, -0.05) is 30.3 Å². The minimum absolute atomic E-state index is 0.0578. The van der Waals surface area contributed by atoms with Gasteiger partial charge in [-0.2, -0.15) is 10.2 Å². The predicted molar refractivity (Wildman–Crippen MR) is 110 cm³/mol. The third-order valence-corrected chi connectivity index (χ3v) is 5.20. The van der Waals surface area contributed by atoms with Crippen molar-refractivity contribution in [2.75, 3.05) is 7.05 Å². The fraction of sp³-hybridized carbons (Fsp3) is 0.182. The Kier molecular flexibility index (Phi) is 4.95. The fourth-order valence-electron chi connectivity index (χ4n) is 3.29. The average molecular weight is 386 g/mol.